The number of aliphatic hydroxyl groups excluding tert-OH is 1. The van der Waals surface area contributed by atoms with Gasteiger partial charge in [0.2, 0.25) is 5.91 Å². The van der Waals surface area contributed by atoms with Crippen LogP contribution in [-0.2, 0) is 18.4 Å². The largest absolute Gasteiger partial charge is 0.472 e. The molecule has 0 fully saturated rings. The lowest BCUT2D eigenvalue weighted by Crippen LogP contribution is -2.45. The number of hydrogen-bond donors (Lipinski definition) is 4. The Kier molecular flexibility index (Phi) is 27.4. The van der Waals surface area contributed by atoms with Crippen LogP contribution in [0, 0.1) is 0 Å². The van der Waals surface area contributed by atoms with Gasteiger partial charge in [0.15, 0.2) is 0 Å². The molecule has 0 aromatic rings. The SMILES string of the molecule is CCCCCCCC/C=C/CC/C=C/C(O)C(COP(=O)(O)OCCN)NC(=O)CCCCCCCCCCC. The Bertz CT molecular complexity index is 689. The number of rotatable bonds is 29. The highest BCUT2D eigenvalue weighted by molar-refractivity contribution is 7.47. The van der Waals surface area contributed by atoms with Crippen molar-refractivity contribution in [2.24, 2.45) is 5.73 Å². The molecule has 0 rings (SSSR count). The van der Waals surface area contributed by atoms with E-state index in [2.05, 4.69) is 31.3 Å². The summed E-state index contributed by atoms with van der Waals surface area (Å²) in [5.41, 5.74) is 5.32. The van der Waals surface area contributed by atoms with Gasteiger partial charge in [-0.1, -0.05) is 122 Å². The third-order valence-electron chi connectivity index (χ3n) is 6.78. The summed E-state index contributed by atoms with van der Waals surface area (Å²) in [6.07, 6.45) is 28.0. The third kappa shape index (κ3) is 25.9. The first-order valence-corrected chi connectivity index (χ1v) is 17.5. The number of phosphoric acid groups is 1. The number of carbonyl (C=O) groups is 1. The van der Waals surface area contributed by atoms with E-state index in [-0.39, 0.29) is 25.7 Å². The minimum absolute atomic E-state index is 0.0750. The van der Waals surface area contributed by atoms with Gasteiger partial charge >= 0.3 is 7.82 Å². The maximum atomic E-state index is 12.5. The number of aliphatic hydroxyl groups is 1. The van der Waals surface area contributed by atoms with Crippen LogP contribution in [0.3, 0.4) is 0 Å². The van der Waals surface area contributed by atoms with Crippen molar-refractivity contribution in [1.29, 1.82) is 0 Å². The number of amides is 1. The molecule has 5 N–H and O–H groups in total. The van der Waals surface area contributed by atoms with Crippen molar-refractivity contribution in [1.82, 2.24) is 5.32 Å². The zero-order valence-corrected chi connectivity index (χ0v) is 26.5. The van der Waals surface area contributed by atoms with Gasteiger partial charge in [-0.3, -0.25) is 13.8 Å². The number of nitrogens with one attached hydrogen (secondary N) is 1. The molecular weight excluding hydrogens is 527 g/mol. The van der Waals surface area contributed by atoms with Gasteiger partial charge in [0.25, 0.3) is 0 Å². The Balaban J connectivity index is 4.51. The molecule has 0 saturated heterocycles. The first-order valence-electron chi connectivity index (χ1n) is 16.0. The topological polar surface area (TPSA) is 131 Å². The molecule has 1 amide bonds. The van der Waals surface area contributed by atoms with Gasteiger partial charge in [0, 0.05) is 13.0 Å². The van der Waals surface area contributed by atoms with Crippen molar-refractivity contribution in [3.8, 4) is 0 Å². The van der Waals surface area contributed by atoms with Gasteiger partial charge < -0.3 is 21.1 Å². The molecule has 0 saturated carbocycles. The summed E-state index contributed by atoms with van der Waals surface area (Å²) in [7, 11) is -4.32. The lowest BCUT2D eigenvalue weighted by molar-refractivity contribution is -0.123. The number of unbranched alkanes of at least 4 members (excludes halogenated alkanes) is 15. The highest BCUT2D eigenvalue weighted by Gasteiger charge is 2.26. The van der Waals surface area contributed by atoms with E-state index in [9.17, 15) is 19.4 Å². The smallest absolute Gasteiger partial charge is 0.387 e. The molecule has 3 unspecified atom stereocenters. The standard InChI is InChI=1S/C31H61N2O6P/c1-3-5-7-9-11-13-14-15-17-18-20-22-24-30(34)29(28-39-40(36,37)38-27-26-32)33-31(35)25-23-21-19-16-12-10-8-6-4-2/h15,17,22,24,29-30,34H,3-14,16,18-21,23,25-28,32H2,1-2H3,(H,33,35)(H,36,37)/b17-15+,24-22+. The van der Waals surface area contributed by atoms with Crippen LogP contribution in [0.5, 0.6) is 0 Å². The van der Waals surface area contributed by atoms with Crippen LogP contribution in [0.15, 0.2) is 24.3 Å². The molecule has 0 spiro atoms. The zero-order chi connectivity index (χ0) is 29.7. The van der Waals surface area contributed by atoms with Crippen LogP contribution in [0.4, 0.5) is 0 Å². The van der Waals surface area contributed by atoms with Gasteiger partial charge in [0.1, 0.15) is 0 Å². The Morgan fingerprint density at radius 3 is 1.93 bits per heavy atom. The summed E-state index contributed by atoms with van der Waals surface area (Å²) < 4.78 is 21.9. The Morgan fingerprint density at radius 2 is 1.32 bits per heavy atom. The molecule has 0 bridgehead atoms. The van der Waals surface area contributed by atoms with Crippen LogP contribution < -0.4 is 11.1 Å². The predicted molar refractivity (Wildman–Crippen MR) is 166 cm³/mol. The maximum absolute atomic E-state index is 12.5. The number of hydrogen-bond acceptors (Lipinski definition) is 6. The first kappa shape index (κ1) is 39.0. The number of allylic oxidation sites excluding steroid dienone is 3. The molecule has 0 radical (unpaired) electrons. The van der Waals surface area contributed by atoms with Crippen LogP contribution in [0.1, 0.15) is 136 Å². The summed E-state index contributed by atoms with van der Waals surface area (Å²) in [4.78, 5) is 22.4. The number of carbonyl (C=O) groups excluding carboxylic acids is 1. The molecule has 9 heteroatoms. The average molecular weight is 589 g/mol. The maximum Gasteiger partial charge on any atom is 0.472 e. The second kappa shape index (κ2) is 28.1. The molecule has 0 aromatic carbocycles. The monoisotopic (exact) mass is 588 g/mol. The van der Waals surface area contributed by atoms with E-state index in [4.69, 9.17) is 14.8 Å². The molecule has 0 aromatic heterocycles. The molecule has 0 aliphatic carbocycles. The fourth-order valence-corrected chi connectivity index (χ4v) is 5.08. The minimum atomic E-state index is -4.32. The van der Waals surface area contributed by atoms with E-state index < -0.39 is 20.0 Å². The zero-order valence-electron chi connectivity index (χ0n) is 25.6. The van der Waals surface area contributed by atoms with Gasteiger partial charge in [-0.05, 0) is 32.1 Å². The van der Waals surface area contributed by atoms with E-state index in [1.807, 2.05) is 6.08 Å². The van der Waals surface area contributed by atoms with Crippen molar-refractivity contribution < 1.29 is 28.4 Å². The van der Waals surface area contributed by atoms with Crippen molar-refractivity contribution in [3.63, 3.8) is 0 Å². The van der Waals surface area contributed by atoms with Gasteiger partial charge in [-0.2, -0.15) is 0 Å². The second-order valence-electron chi connectivity index (χ2n) is 10.7. The molecule has 3 atom stereocenters. The Labute approximate surface area is 245 Å². The van der Waals surface area contributed by atoms with E-state index in [0.717, 1.165) is 38.5 Å². The third-order valence-corrected chi connectivity index (χ3v) is 7.76. The summed E-state index contributed by atoms with van der Waals surface area (Å²) in [5, 5.41) is 13.5. The van der Waals surface area contributed by atoms with E-state index in [1.165, 1.54) is 77.0 Å². The molecule has 40 heavy (non-hydrogen) atoms. The molecule has 0 aliphatic rings. The molecule has 0 heterocycles. The molecule has 8 nitrogen and oxygen atoms in total. The van der Waals surface area contributed by atoms with Crippen molar-refractivity contribution in [2.75, 3.05) is 19.8 Å². The molecule has 236 valence electrons. The van der Waals surface area contributed by atoms with Crippen LogP contribution in [-0.4, -0.2) is 47.8 Å². The van der Waals surface area contributed by atoms with Crippen molar-refractivity contribution >= 4 is 13.7 Å². The summed E-state index contributed by atoms with van der Waals surface area (Å²) in [5.74, 6) is -0.211. The fourth-order valence-electron chi connectivity index (χ4n) is 4.32. The van der Waals surface area contributed by atoms with Crippen LogP contribution in [0.2, 0.25) is 0 Å². The van der Waals surface area contributed by atoms with Gasteiger partial charge in [-0.25, -0.2) is 4.57 Å². The Morgan fingerprint density at radius 1 is 0.800 bits per heavy atom. The average Bonchev–Trinajstić information content (AvgIpc) is 2.93. The summed E-state index contributed by atoms with van der Waals surface area (Å²) in [6, 6.07) is -0.868. The second-order valence-corrected chi connectivity index (χ2v) is 12.1. The van der Waals surface area contributed by atoms with E-state index >= 15 is 0 Å². The molecule has 0 aliphatic heterocycles. The highest BCUT2D eigenvalue weighted by atomic mass is 31.2. The first-order chi connectivity index (χ1) is 19.4. The number of nitrogens with two attached hydrogens (primary N) is 1. The fraction of sp³-hybridized carbons (Fsp3) is 0.839. The van der Waals surface area contributed by atoms with Gasteiger partial charge in [-0.15, -0.1) is 0 Å². The Hall–Kier alpha value is -1.02. The summed E-state index contributed by atoms with van der Waals surface area (Å²) in [6.45, 7) is 4.04. The normalized spacial score (nSPS) is 15.0. The van der Waals surface area contributed by atoms with Crippen molar-refractivity contribution in [2.45, 2.75) is 148 Å². The van der Waals surface area contributed by atoms with Crippen molar-refractivity contribution in [3.05, 3.63) is 24.3 Å². The van der Waals surface area contributed by atoms with Gasteiger partial charge in [0.05, 0.1) is 25.4 Å². The predicted octanol–water partition coefficient (Wildman–Crippen LogP) is 7.49. The highest BCUT2D eigenvalue weighted by Crippen LogP contribution is 2.43. The summed E-state index contributed by atoms with van der Waals surface area (Å²) >= 11 is 0. The minimum Gasteiger partial charge on any atom is -0.387 e. The molecular formula is C31H61N2O6P. The van der Waals surface area contributed by atoms with Crippen LogP contribution in [0.25, 0.3) is 0 Å². The lowest BCUT2D eigenvalue weighted by atomic mass is 10.1. The quantitative estimate of drug-likeness (QED) is 0.0404. The number of phosphoric ester groups is 1. The van der Waals surface area contributed by atoms with E-state index in [1.54, 1.807) is 6.08 Å². The van der Waals surface area contributed by atoms with E-state index in [0.29, 0.717) is 6.42 Å². The van der Waals surface area contributed by atoms with Crippen LogP contribution >= 0.6 is 7.82 Å². The lowest BCUT2D eigenvalue weighted by Gasteiger charge is -2.23.